The number of rotatable bonds is 7. The summed E-state index contributed by atoms with van der Waals surface area (Å²) in [7, 11) is 2.17. The van der Waals surface area contributed by atoms with Gasteiger partial charge < -0.3 is 19.5 Å². The zero-order valence-corrected chi connectivity index (χ0v) is 11.4. The van der Waals surface area contributed by atoms with Crippen LogP contribution < -0.4 is 5.32 Å². The Morgan fingerprint density at radius 1 is 1.56 bits per heavy atom. The molecule has 0 radical (unpaired) electrons. The molecule has 1 saturated heterocycles. The minimum atomic E-state index is 0.562. The third kappa shape index (κ3) is 3.46. The number of likely N-dealkylation sites (N-methyl/N-ethyl adjacent to an activating group) is 1. The fourth-order valence-electron chi connectivity index (χ4n) is 2.40. The summed E-state index contributed by atoms with van der Waals surface area (Å²) < 4.78 is 7.59. The van der Waals surface area contributed by atoms with Crippen molar-refractivity contribution in [3.8, 4) is 0 Å². The van der Waals surface area contributed by atoms with Gasteiger partial charge in [0, 0.05) is 38.7 Å². The van der Waals surface area contributed by atoms with Gasteiger partial charge in [-0.2, -0.15) is 0 Å². The molecule has 1 fully saturated rings. The summed E-state index contributed by atoms with van der Waals surface area (Å²) in [5.41, 5.74) is 0. The average Bonchev–Trinajstić information content (AvgIpc) is 2.97. The van der Waals surface area contributed by atoms with Crippen molar-refractivity contribution < 1.29 is 4.74 Å². The van der Waals surface area contributed by atoms with E-state index in [2.05, 4.69) is 33.0 Å². The van der Waals surface area contributed by atoms with Crippen LogP contribution in [-0.2, 0) is 4.74 Å². The molecule has 1 aromatic heterocycles. The molecule has 1 aliphatic rings. The van der Waals surface area contributed by atoms with Gasteiger partial charge in [-0.15, -0.1) is 0 Å². The third-order valence-corrected chi connectivity index (χ3v) is 3.38. The van der Waals surface area contributed by atoms with Crippen LogP contribution in [0.5, 0.6) is 0 Å². The highest BCUT2D eigenvalue weighted by Gasteiger charge is 2.22. The Morgan fingerprint density at radius 3 is 3.17 bits per heavy atom. The van der Waals surface area contributed by atoms with Crippen LogP contribution in [0.1, 0.15) is 25.8 Å². The van der Waals surface area contributed by atoms with Crippen molar-refractivity contribution >= 4 is 5.95 Å². The van der Waals surface area contributed by atoms with Crippen molar-refractivity contribution in [2.45, 2.75) is 25.8 Å². The van der Waals surface area contributed by atoms with Crippen LogP contribution in [0.2, 0.25) is 0 Å². The van der Waals surface area contributed by atoms with Crippen molar-refractivity contribution in [2.75, 3.05) is 45.2 Å². The average molecular weight is 252 g/mol. The Labute approximate surface area is 109 Å². The first-order valence-corrected chi connectivity index (χ1v) is 6.84. The van der Waals surface area contributed by atoms with E-state index in [1.807, 2.05) is 13.1 Å². The fraction of sp³-hybridized carbons (Fsp3) is 0.769. The summed E-state index contributed by atoms with van der Waals surface area (Å²) in [5.74, 6) is 0.992. The van der Waals surface area contributed by atoms with E-state index in [9.17, 15) is 0 Å². The zero-order chi connectivity index (χ0) is 12.8. The first kappa shape index (κ1) is 13.4. The van der Waals surface area contributed by atoms with E-state index in [1.165, 1.54) is 13.0 Å². The number of ether oxygens (including phenoxy) is 1. The second-order valence-electron chi connectivity index (χ2n) is 4.84. The lowest BCUT2D eigenvalue weighted by molar-refractivity contribution is 0.147. The summed E-state index contributed by atoms with van der Waals surface area (Å²) in [6.45, 7) is 6.84. The van der Waals surface area contributed by atoms with E-state index >= 15 is 0 Å². The van der Waals surface area contributed by atoms with Crippen molar-refractivity contribution in [2.24, 2.45) is 0 Å². The van der Waals surface area contributed by atoms with Crippen LogP contribution >= 0.6 is 0 Å². The Bertz CT molecular complexity index is 353. The molecule has 18 heavy (non-hydrogen) atoms. The summed E-state index contributed by atoms with van der Waals surface area (Å²) in [5, 5.41) is 3.40. The predicted molar refractivity (Wildman–Crippen MR) is 73.0 cm³/mol. The minimum absolute atomic E-state index is 0.562. The Kier molecular flexibility index (Phi) is 5.01. The molecule has 2 rings (SSSR count). The van der Waals surface area contributed by atoms with E-state index in [4.69, 9.17) is 4.74 Å². The molecule has 102 valence electrons. The maximum Gasteiger partial charge on any atom is 0.203 e. The maximum absolute atomic E-state index is 5.32. The summed E-state index contributed by atoms with van der Waals surface area (Å²) in [6, 6.07) is 0.562. The van der Waals surface area contributed by atoms with E-state index < -0.39 is 0 Å². The molecule has 0 amide bonds. The molecule has 0 spiro atoms. The largest absolute Gasteiger partial charge is 0.382 e. The first-order chi connectivity index (χ1) is 8.81. The lowest BCUT2D eigenvalue weighted by Gasteiger charge is -2.16. The fourth-order valence-corrected chi connectivity index (χ4v) is 2.40. The molecule has 5 nitrogen and oxygen atoms in total. The minimum Gasteiger partial charge on any atom is -0.382 e. The van der Waals surface area contributed by atoms with Gasteiger partial charge in [-0.25, -0.2) is 4.98 Å². The molecule has 1 aromatic rings. The van der Waals surface area contributed by atoms with Gasteiger partial charge in [0.2, 0.25) is 5.95 Å². The lowest BCUT2D eigenvalue weighted by Crippen LogP contribution is -2.18. The molecule has 0 saturated carbocycles. The number of aromatic nitrogens is 2. The number of hydrogen-bond acceptors (Lipinski definition) is 4. The molecule has 1 atom stereocenters. The van der Waals surface area contributed by atoms with Gasteiger partial charge in [-0.1, -0.05) is 0 Å². The van der Waals surface area contributed by atoms with Gasteiger partial charge >= 0.3 is 0 Å². The highest BCUT2D eigenvalue weighted by Crippen LogP contribution is 2.23. The summed E-state index contributed by atoms with van der Waals surface area (Å²) in [6.07, 6.45) is 6.18. The first-order valence-electron chi connectivity index (χ1n) is 6.84. The second-order valence-corrected chi connectivity index (χ2v) is 4.84. The van der Waals surface area contributed by atoms with E-state index in [0.29, 0.717) is 6.04 Å². The number of nitrogens with one attached hydrogen (secondary N) is 1. The van der Waals surface area contributed by atoms with Gasteiger partial charge in [-0.05, 0) is 33.4 Å². The molecular weight excluding hydrogens is 228 g/mol. The van der Waals surface area contributed by atoms with Gasteiger partial charge in [0.15, 0.2) is 0 Å². The monoisotopic (exact) mass is 252 g/mol. The lowest BCUT2D eigenvalue weighted by atomic mass is 10.2. The standard InChI is InChI=1S/C13H24N4O/c1-3-18-10-4-6-14-13-15-7-9-17(13)12-5-8-16(2)11-12/h7,9,12H,3-6,8,10-11H2,1-2H3,(H,14,15). The molecule has 0 aliphatic carbocycles. The second kappa shape index (κ2) is 6.75. The number of likely N-dealkylation sites (tertiary alicyclic amines) is 1. The van der Waals surface area contributed by atoms with E-state index in [-0.39, 0.29) is 0 Å². The van der Waals surface area contributed by atoms with Crippen LogP contribution in [0.3, 0.4) is 0 Å². The number of imidazole rings is 1. The van der Waals surface area contributed by atoms with Crippen LogP contribution in [0, 0.1) is 0 Å². The van der Waals surface area contributed by atoms with Crippen LogP contribution in [0.4, 0.5) is 5.95 Å². The van der Waals surface area contributed by atoms with E-state index in [0.717, 1.165) is 38.7 Å². The van der Waals surface area contributed by atoms with Gasteiger partial charge in [-0.3, -0.25) is 0 Å². The highest BCUT2D eigenvalue weighted by atomic mass is 16.5. The maximum atomic E-state index is 5.32. The smallest absolute Gasteiger partial charge is 0.203 e. The Balaban J connectivity index is 1.80. The van der Waals surface area contributed by atoms with Gasteiger partial charge in [0.05, 0.1) is 6.04 Å². The molecular formula is C13H24N4O. The van der Waals surface area contributed by atoms with Crippen LogP contribution in [-0.4, -0.2) is 54.3 Å². The summed E-state index contributed by atoms with van der Waals surface area (Å²) >= 11 is 0. The van der Waals surface area contributed by atoms with Crippen molar-refractivity contribution in [1.82, 2.24) is 14.5 Å². The zero-order valence-electron chi connectivity index (χ0n) is 11.4. The molecule has 1 unspecified atom stereocenters. The van der Waals surface area contributed by atoms with Crippen molar-refractivity contribution in [3.63, 3.8) is 0 Å². The third-order valence-electron chi connectivity index (χ3n) is 3.38. The van der Waals surface area contributed by atoms with Gasteiger partial charge in [0.25, 0.3) is 0 Å². The van der Waals surface area contributed by atoms with Crippen molar-refractivity contribution in [1.29, 1.82) is 0 Å². The molecule has 0 bridgehead atoms. The number of hydrogen-bond donors (Lipinski definition) is 1. The molecule has 5 heteroatoms. The number of nitrogens with zero attached hydrogens (tertiary/aromatic N) is 3. The number of anilines is 1. The SMILES string of the molecule is CCOCCCNc1nccn1C1CCN(C)C1. The molecule has 0 aromatic carbocycles. The van der Waals surface area contributed by atoms with Gasteiger partial charge in [0.1, 0.15) is 0 Å². The van der Waals surface area contributed by atoms with Crippen LogP contribution in [0.25, 0.3) is 0 Å². The highest BCUT2D eigenvalue weighted by molar-refractivity contribution is 5.26. The van der Waals surface area contributed by atoms with Crippen molar-refractivity contribution in [3.05, 3.63) is 12.4 Å². The molecule has 2 heterocycles. The Hall–Kier alpha value is -1.07. The van der Waals surface area contributed by atoms with E-state index in [1.54, 1.807) is 0 Å². The summed E-state index contributed by atoms with van der Waals surface area (Å²) in [4.78, 5) is 6.76. The predicted octanol–water partition coefficient (Wildman–Crippen LogP) is 1.60. The Morgan fingerprint density at radius 2 is 2.44 bits per heavy atom. The molecule has 1 aliphatic heterocycles. The molecule has 1 N–H and O–H groups in total. The normalized spacial score (nSPS) is 20.4. The quantitative estimate of drug-likeness (QED) is 0.749. The topological polar surface area (TPSA) is 42.3 Å². The van der Waals surface area contributed by atoms with Crippen LogP contribution in [0.15, 0.2) is 12.4 Å².